The van der Waals surface area contributed by atoms with Crippen LogP contribution in [0.1, 0.15) is 32.6 Å². The van der Waals surface area contributed by atoms with E-state index in [0.717, 1.165) is 22.3 Å². The van der Waals surface area contributed by atoms with Gasteiger partial charge in [0.05, 0.1) is 12.5 Å². The molecule has 6 heteroatoms. The zero-order valence-corrected chi connectivity index (χ0v) is 16.4. The lowest BCUT2D eigenvalue weighted by molar-refractivity contribution is -0.141. The van der Waals surface area contributed by atoms with Crippen molar-refractivity contribution in [1.29, 1.82) is 0 Å². The van der Waals surface area contributed by atoms with Crippen LogP contribution in [0.3, 0.4) is 0 Å². The van der Waals surface area contributed by atoms with Crippen LogP contribution >= 0.6 is 0 Å². The molecule has 2 amide bonds. The van der Waals surface area contributed by atoms with Gasteiger partial charge >= 0.3 is 5.97 Å². The Morgan fingerprint density at radius 2 is 1.71 bits per heavy atom. The van der Waals surface area contributed by atoms with Gasteiger partial charge in [0.25, 0.3) is 5.91 Å². The van der Waals surface area contributed by atoms with Crippen molar-refractivity contribution >= 4 is 17.8 Å². The highest BCUT2D eigenvalue weighted by Crippen LogP contribution is 2.11. The number of rotatable bonds is 8. The fourth-order valence-electron chi connectivity index (χ4n) is 2.82. The van der Waals surface area contributed by atoms with Crippen LogP contribution in [0.5, 0.6) is 0 Å². The summed E-state index contributed by atoms with van der Waals surface area (Å²) in [4.78, 5) is 35.7. The van der Waals surface area contributed by atoms with Gasteiger partial charge in [0.1, 0.15) is 0 Å². The highest BCUT2D eigenvalue weighted by Gasteiger charge is 2.19. The van der Waals surface area contributed by atoms with Gasteiger partial charge in [-0.2, -0.15) is 0 Å². The summed E-state index contributed by atoms with van der Waals surface area (Å²) in [6.07, 6.45) is 0.326. The Labute approximate surface area is 165 Å². The van der Waals surface area contributed by atoms with Gasteiger partial charge in [0.2, 0.25) is 5.91 Å². The molecular formula is C22H26N2O4. The maximum atomic E-state index is 12.1. The molecule has 6 nitrogen and oxygen atoms in total. The monoisotopic (exact) mass is 382 g/mol. The van der Waals surface area contributed by atoms with Gasteiger partial charge in [-0.15, -0.1) is 0 Å². The fourth-order valence-corrected chi connectivity index (χ4v) is 2.82. The average Bonchev–Trinajstić information content (AvgIpc) is 2.65. The van der Waals surface area contributed by atoms with Crippen molar-refractivity contribution in [3.05, 3.63) is 70.3 Å². The van der Waals surface area contributed by atoms with Crippen molar-refractivity contribution in [3.8, 4) is 0 Å². The van der Waals surface area contributed by atoms with Crippen molar-refractivity contribution in [1.82, 2.24) is 10.6 Å². The molecule has 2 rings (SSSR count). The van der Waals surface area contributed by atoms with Gasteiger partial charge in [-0.1, -0.05) is 35.9 Å². The maximum Gasteiger partial charge on any atom is 0.308 e. The minimum absolute atomic E-state index is 0.00161. The van der Waals surface area contributed by atoms with E-state index in [-0.39, 0.29) is 19.0 Å². The Hall–Kier alpha value is -3.15. The Kier molecular flexibility index (Phi) is 7.32. The molecule has 1 unspecified atom stereocenters. The second-order valence-corrected chi connectivity index (χ2v) is 7.01. The summed E-state index contributed by atoms with van der Waals surface area (Å²) >= 11 is 0. The van der Waals surface area contributed by atoms with Crippen LogP contribution in [0.2, 0.25) is 0 Å². The molecule has 3 N–H and O–H groups in total. The van der Waals surface area contributed by atoms with Gasteiger partial charge in [0, 0.05) is 12.1 Å². The molecule has 0 aromatic heterocycles. The summed E-state index contributed by atoms with van der Waals surface area (Å²) in [6.45, 7) is 5.61. The zero-order valence-electron chi connectivity index (χ0n) is 16.4. The lowest BCUT2D eigenvalue weighted by Gasteiger charge is -2.14. The number of amides is 2. The third kappa shape index (κ3) is 6.23. The fraction of sp³-hybridized carbons (Fsp3) is 0.318. The topological polar surface area (TPSA) is 95.5 Å². The van der Waals surface area contributed by atoms with E-state index < -0.39 is 17.8 Å². The van der Waals surface area contributed by atoms with E-state index in [0.29, 0.717) is 12.0 Å². The van der Waals surface area contributed by atoms with Crippen molar-refractivity contribution in [2.75, 3.05) is 13.1 Å². The van der Waals surface area contributed by atoms with Crippen LogP contribution in [-0.2, 0) is 16.0 Å². The van der Waals surface area contributed by atoms with E-state index in [1.54, 1.807) is 12.1 Å². The number of carbonyl (C=O) groups is 3. The molecule has 0 fully saturated rings. The number of hydrogen-bond acceptors (Lipinski definition) is 3. The van der Waals surface area contributed by atoms with Crippen molar-refractivity contribution in [2.24, 2.45) is 5.92 Å². The van der Waals surface area contributed by atoms with Crippen LogP contribution in [0.15, 0.2) is 42.5 Å². The number of hydrogen-bond donors (Lipinski definition) is 3. The highest BCUT2D eigenvalue weighted by molar-refractivity contribution is 5.96. The molecule has 0 bridgehead atoms. The number of benzene rings is 2. The quantitative estimate of drug-likeness (QED) is 0.653. The maximum absolute atomic E-state index is 12.1. The molecule has 0 aliphatic heterocycles. The summed E-state index contributed by atoms with van der Waals surface area (Å²) in [7, 11) is 0. The number of carbonyl (C=O) groups excluding carboxylic acids is 2. The van der Waals surface area contributed by atoms with E-state index in [2.05, 4.69) is 10.6 Å². The van der Waals surface area contributed by atoms with E-state index >= 15 is 0 Å². The molecule has 0 aliphatic rings. The van der Waals surface area contributed by atoms with Crippen LogP contribution in [0.4, 0.5) is 0 Å². The Bertz CT molecular complexity index is 877. The molecule has 1 atom stereocenters. The second-order valence-electron chi connectivity index (χ2n) is 7.01. The first kappa shape index (κ1) is 21.2. The first-order chi connectivity index (χ1) is 13.3. The molecule has 2 aromatic carbocycles. The third-order valence-electron chi connectivity index (χ3n) is 4.64. The molecular weight excluding hydrogens is 356 g/mol. The van der Waals surface area contributed by atoms with Crippen molar-refractivity contribution in [3.63, 3.8) is 0 Å². The van der Waals surface area contributed by atoms with Crippen LogP contribution in [0, 0.1) is 26.7 Å². The molecule has 148 valence electrons. The molecule has 2 aromatic rings. The predicted octanol–water partition coefficient (Wildman–Crippen LogP) is 2.40. The highest BCUT2D eigenvalue weighted by atomic mass is 16.4. The van der Waals surface area contributed by atoms with E-state index in [9.17, 15) is 19.5 Å². The Balaban J connectivity index is 1.84. The van der Waals surface area contributed by atoms with E-state index in [4.69, 9.17) is 0 Å². The minimum atomic E-state index is -0.971. The number of aryl methyl sites for hydroxylation is 3. The standard InChI is InChI=1S/C22H26N2O4/c1-14-5-4-6-17(9-14)11-19(22(27)28)12-23-20(25)13-24-21(26)18-8-7-15(2)16(3)10-18/h4-10,19H,11-13H2,1-3H3,(H,23,25)(H,24,26)(H,27,28). The van der Waals surface area contributed by atoms with E-state index in [1.807, 2.05) is 51.1 Å². The Morgan fingerprint density at radius 3 is 2.36 bits per heavy atom. The van der Waals surface area contributed by atoms with Gasteiger partial charge in [-0.05, 0) is 56.0 Å². The van der Waals surface area contributed by atoms with Crippen molar-refractivity contribution < 1.29 is 19.5 Å². The van der Waals surface area contributed by atoms with Crippen LogP contribution < -0.4 is 10.6 Å². The van der Waals surface area contributed by atoms with E-state index in [1.165, 1.54) is 0 Å². The zero-order chi connectivity index (χ0) is 20.7. The third-order valence-corrected chi connectivity index (χ3v) is 4.64. The molecule has 0 saturated heterocycles. The van der Waals surface area contributed by atoms with Crippen molar-refractivity contribution in [2.45, 2.75) is 27.2 Å². The summed E-state index contributed by atoms with van der Waals surface area (Å²) < 4.78 is 0. The van der Waals surface area contributed by atoms with Gasteiger partial charge in [0.15, 0.2) is 0 Å². The Morgan fingerprint density at radius 1 is 0.964 bits per heavy atom. The first-order valence-electron chi connectivity index (χ1n) is 9.16. The van der Waals surface area contributed by atoms with Crippen LogP contribution in [0.25, 0.3) is 0 Å². The summed E-state index contributed by atoms with van der Waals surface area (Å²) in [5.74, 6) is -2.47. The largest absolute Gasteiger partial charge is 0.481 e. The SMILES string of the molecule is Cc1cccc(CC(CNC(=O)CNC(=O)c2ccc(C)c(C)c2)C(=O)O)c1. The van der Waals surface area contributed by atoms with Crippen LogP contribution in [-0.4, -0.2) is 36.0 Å². The number of carboxylic acid groups (broad SMARTS) is 1. The molecule has 0 radical (unpaired) electrons. The van der Waals surface area contributed by atoms with Gasteiger partial charge in [-0.3, -0.25) is 14.4 Å². The normalized spacial score (nSPS) is 11.5. The predicted molar refractivity (Wildman–Crippen MR) is 107 cm³/mol. The molecule has 28 heavy (non-hydrogen) atoms. The molecule has 0 aliphatic carbocycles. The lowest BCUT2D eigenvalue weighted by atomic mass is 9.98. The summed E-state index contributed by atoms with van der Waals surface area (Å²) in [5, 5.41) is 14.6. The number of nitrogens with one attached hydrogen (secondary N) is 2. The second kappa shape index (κ2) is 9.69. The lowest BCUT2D eigenvalue weighted by Crippen LogP contribution is -2.40. The summed E-state index contributed by atoms with van der Waals surface area (Å²) in [5.41, 5.74) is 4.53. The smallest absolute Gasteiger partial charge is 0.308 e. The van der Waals surface area contributed by atoms with Gasteiger partial charge in [-0.25, -0.2) is 0 Å². The minimum Gasteiger partial charge on any atom is -0.481 e. The number of aliphatic carboxylic acids is 1. The number of carboxylic acids is 1. The average molecular weight is 382 g/mol. The molecule has 0 saturated carbocycles. The first-order valence-corrected chi connectivity index (χ1v) is 9.16. The summed E-state index contributed by atoms with van der Waals surface area (Å²) in [6, 6.07) is 13.0. The molecule has 0 spiro atoms. The molecule has 0 heterocycles. The van der Waals surface area contributed by atoms with Gasteiger partial charge < -0.3 is 15.7 Å².